The Morgan fingerprint density at radius 2 is 1.88 bits per heavy atom. The number of halogens is 1. The number of rotatable bonds is 10. The first kappa shape index (κ1) is 25.1. The van der Waals surface area contributed by atoms with E-state index in [1.807, 2.05) is 27.0 Å². The van der Waals surface area contributed by atoms with E-state index in [1.165, 1.54) is 11.8 Å². The second kappa shape index (κ2) is 11.1. The van der Waals surface area contributed by atoms with Crippen LogP contribution in [0.1, 0.15) is 43.6 Å². The van der Waals surface area contributed by atoms with Gasteiger partial charge in [-0.05, 0) is 57.4 Å². The van der Waals surface area contributed by atoms with Crippen LogP contribution in [-0.4, -0.2) is 34.8 Å². The number of anilines is 2. The van der Waals surface area contributed by atoms with Crippen LogP contribution in [0.15, 0.2) is 47.6 Å². The van der Waals surface area contributed by atoms with E-state index in [9.17, 15) is 0 Å². The molecule has 1 unspecified atom stereocenters. The maximum atomic E-state index is 15.8. The highest BCUT2D eigenvalue weighted by Crippen LogP contribution is 2.36. The maximum absolute atomic E-state index is 15.8. The topological polar surface area (TPSA) is 132 Å². The third-order valence-electron chi connectivity index (χ3n) is 4.76. The monoisotopic (exact) mass is 484 g/mol. The lowest BCUT2D eigenvalue weighted by molar-refractivity contribution is 0.228. The van der Waals surface area contributed by atoms with Crippen molar-refractivity contribution in [2.75, 3.05) is 23.9 Å². The molecule has 0 fully saturated rings. The third-order valence-corrected chi connectivity index (χ3v) is 5.30. The number of nitrogens with two attached hydrogens (primary N) is 2. The number of nitrogens with zero attached hydrogens (tertiary/aromatic N) is 2. The van der Waals surface area contributed by atoms with Crippen molar-refractivity contribution in [1.82, 2.24) is 9.97 Å². The van der Waals surface area contributed by atoms with Crippen molar-refractivity contribution < 1.29 is 13.9 Å². The number of nitrogens with one attached hydrogen (secondary N) is 2. The fourth-order valence-electron chi connectivity index (χ4n) is 3.32. The molecule has 0 saturated heterocycles. The van der Waals surface area contributed by atoms with E-state index in [0.29, 0.717) is 34.5 Å². The lowest BCUT2D eigenvalue weighted by Gasteiger charge is -2.24. The zero-order valence-corrected chi connectivity index (χ0v) is 20.4. The van der Waals surface area contributed by atoms with E-state index in [2.05, 4.69) is 15.3 Å². The number of thioether (sulfide) groups is 1. The molecule has 6 N–H and O–H groups in total. The molecule has 1 aromatic heterocycles. The molecule has 10 heteroatoms. The van der Waals surface area contributed by atoms with Gasteiger partial charge in [0.2, 0.25) is 0 Å². The van der Waals surface area contributed by atoms with Gasteiger partial charge in [0.05, 0.1) is 24.4 Å². The Labute approximate surface area is 202 Å². The Bertz CT molecular complexity index is 1160. The fourth-order valence-corrected chi connectivity index (χ4v) is 3.71. The highest BCUT2D eigenvalue weighted by Gasteiger charge is 2.25. The molecule has 0 spiro atoms. The van der Waals surface area contributed by atoms with Gasteiger partial charge in [0.15, 0.2) is 16.7 Å². The minimum Gasteiger partial charge on any atom is -0.494 e. The Balaban J connectivity index is 2.17. The van der Waals surface area contributed by atoms with Crippen LogP contribution in [0.2, 0.25) is 0 Å². The summed E-state index contributed by atoms with van der Waals surface area (Å²) in [4.78, 5) is 8.80. The molecule has 0 saturated carbocycles. The highest BCUT2D eigenvalue weighted by molar-refractivity contribution is 7.98. The van der Waals surface area contributed by atoms with Crippen LogP contribution >= 0.6 is 11.8 Å². The van der Waals surface area contributed by atoms with Crippen molar-refractivity contribution in [2.45, 2.75) is 38.1 Å². The van der Waals surface area contributed by atoms with Gasteiger partial charge >= 0.3 is 0 Å². The van der Waals surface area contributed by atoms with E-state index >= 15 is 4.39 Å². The first-order valence-corrected chi connectivity index (χ1v) is 12.0. The number of amidine groups is 1. The maximum Gasteiger partial charge on any atom is 0.189 e. The smallest absolute Gasteiger partial charge is 0.189 e. The fraction of sp³-hybridized carbons (Fsp3) is 0.292. The Morgan fingerprint density at radius 1 is 1.18 bits per heavy atom. The van der Waals surface area contributed by atoms with Gasteiger partial charge in [-0.3, -0.25) is 5.41 Å². The van der Waals surface area contributed by atoms with Gasteiger partial charge in [0, 0.05) is 28.9 Å². The first-order valence-electron chi connectivity index (χ1n) is 10.7. The number of benzene rings is 2. The molecular formula is C24H29FN6O2S. The summed E-state index contributed by atoms with van der Waals surface area (Å²) in [5.74, 6) is 0.260. The van der Waals surface area contributed by atoms with Gasteiger partial charge in [-0.1, -0.05) is 11.8 Å². The highest BCUT2D eigenvalue weighted by atomic mass is 32.2. The van der Waals surface area contributed by atoms with E-state index in [1.54, 1.807) is 42.5 Å². The van der Waals surface area contributed by atoms with Crippen LogP contribution in [0.25, 0.3) is 0 Å². The van der Waals surface area contributed by atoms with Crippen molar-refractivity contribution in [3.63, 3.8) is 0 Å². The van der Waals surface area contributed by atoms with Crippen LogP contribution in [0.4, 0.5) is 15.9 Å². The molecule has 0 radical (unpaired) electrons. The molecule has 1 atom stereocenters. The van der Waals surface area contributed by atoms with E-state index < -0.39 is 11.9 Å². The summed E-state index contributed by atoms with van der Waals surface area (Å²) in [6.07, 6.45) is 1.61. The second-order valence-corrected chi connectivity index (χ2v) is 8.47. The molecule has 2 aromatic carbocycles. The zero-order valence-electron chi connectivity index (χ0n) is 19.6. The summed E-state index contributed by atoms with van der Waals surface area (Å²) in [5.41, 5.74) is 13.6. The van der Waals surface area contributed by atoms with Gasteiger partial charge in [0.1, 0.15) is 17.4 Å². The summed E-state index contributed by atoms with van der Waals surface area (Å²) in [6, 6.07) is 11.0. The summed E-state index contributed by atoms with van der Waals surface area (Å²) >= 11 is 1.34. The SMILES string of the molecule is CCOc1cc(OC(C)C)c(F)c(C(Nc2ccc(C(=N)N)cc2)c2cc(N)nc(SC)n2)c1. The number of nitrogen functional groups attached to an aromatic ring is 2. The molecule has 3 aromatic rings. The number of hydrogen-bond acceptors (Lipinski definition) is 8. The summed E-state index contributed by atoms with van der Waals surface area (Å²) in [7, 11) is 0. The van der Waals surface area contributed by atoms with E-state index in [0.717, 1.165) is 0 Å². The molecule has 1 heterocycles. The molecule has 3 rings (SSSR count). The van der Waals surface area contributed by atoms with Crippen LogP contribution in [0.5, 0.6) is 11.5 Å². The quantitative estimate of drug-likeness (QED) is 0.142. The molecule has 0 aliphatic carbocycles. The molecule has 0 aliphatic heterocycles. The largest absolute Gasteiger partial charge is 0.494 e. The van der Waals surface area contributed by atoms with Gasteiger partial charge < -0.3 is 26.3 Å². The third kappa shape index (κ3) is 6.07. The van der Waals surface area contributed by atoms with Crippen LogP contribution in [-0.2, 0) is 0 Å². The van der Waals surface area contributed by atoms with Gasteiger partial charge in [-0.2, -0.15) is 0 Å². The molecular weight excluding hydrogens is 455 g/mol. The Morgan fingerprint density at radius 3 is 2.47 bits per heavy atom. The summed E-state index contributed by atoms with van der Waals surface area (Å²) in [6.45, 7) is 5.92. The van der Waals surface area contributed by atoms with Crippen molar-refractivity contribution in [3.05, 3.63) is 65.1 Å². The zero-order chi connectivity index (χ0) is 24.8. The Kier molecular flexibility index (Phi) is 8.17. The lowest BCUT2D eigenvalue weighted by atomic mass is 10.0. The summed E-state index contributed by atoms with van der Waals surface area (Å²) in [5, 5.41) is 11.4. The average Bonchev–Trinajstić information content (AvgIpc) is 2.79. The molecule has 180 valence electrons. The van der Waals surface area contributed by atoms with Crippen LogP contribution in [0, 0.1) is 11.2 Å². The van der Waals surface area contributed by atoms with Gasteiger partial charge in [-0.25, -0.2) is 14.4 Å². The molecule has 0 aliphatic rings. The number of ether oxygens (including phenoxy) is 2. The van der Waals surface area contributed by atoms with Crippen LogP contribution in [0.3, 0.4) is 0 Å². The minimum atomic E-state index is -0.741. The second-order valence-electron chi connectivity index (χ2n) is 7.70. The van der Waals surface area contributed by atoms with Crippen molar-refractivity contribution in [1.29, 1.82) is 5.41 Å². The molecule has 0 amide bonds. The summed E-state index contributed by atoms with van der Waals surface area (Å²) < 4.78 is 27.2. The number of hydrogen-bond donors (Lipinski definition) is 4. The predicted molar refractivity (Wildman–Crippen MR) is 134 cm³/mol. The molecule has 8 nitrogen and oxygen atoms in total. The van der Waals surface area contributed by atoms with Crippen molar-refractivity contribution in [3.8, 4) is 11.5 Å². The number of aromatic nitrogens is 2. The van der Waals surface area contributed by atoms with Crippen LogP contribution < -0.4 is 26.3 Å². The predicted octanol–water partition coefficient (Wildman–Crippen LogP) is 4.59. The lowest BCUT2D eigenvalue weighted by Crippen LogP contribution is -2.18. The minimum absolute atomic E-state index is 0.0396. The van der Waals surface area contributed by atoms with E-state index in [-0.39, 0.29) is 29.1 Å². The van der Waals surface area contributed by atoms with E-state index in [4.69, 9.17) is 26.4 Å². The Hall–Kier alpha value is -3.53. The molecule has 34 heavy (non-hydrogen) atoms. The normalized spacial score (nSPS) is 11.8. The van der Waals surface area contributed by atoms with Gasteiger partial charge in [-0.15, -0.1) is 0 Å². The molecule has 0 bridgehead atoms. The first-order chi connectivity index (χ1) is 16.2. The van der Waals surface area contributed by atoms with Crippen molar-refractivity contribution >= 4 is 29.1 Å². The average molecular weight is 485 g/mol. The standard InChI is InChI=1S/C24H29FN6O2S/c1-5-32-16-10-17(21(25)19(11-16)33-13(2)3)22(18-12-20(26)31-24(30-18)34-4)29-15-8-6-14(7-9-15)23(27)28/h6-13,22,29H,5H2,1-4H3,(H3,27,28)(H2,26,30,31). The van der Waals surface area contributed by atoms with Gasteiger partial charge in [0.25, 0.3) is 0 Å². The van der Waals surface area contributed by atoms with Crippen molar-refractivity contribution in [2.24, 2.45) is 5.73 Å².